The van der Waals surface area contributed by atoms with Gasteiger partial charge in [0.1, 0.15) is 11.8 Å². The molecule has 0 fully saturated rings. The molecule has 1 aliphatic rings. The second-order valence-corrected chi connectivity index (χ2v) is 14.5. The molecule has 57 heavy (non-hydrogen) atoms. The molecule has 0 unspecified atom stereocenters. The predicted molar refractivity (Wildman–Crippen MR) is 214 cm³/mol. The van der Waals surface area contributed by atoms with E-state index in [4.69, 9.17) is 16.6 Å². The van der Waals surface area contributed by atoms with Gasteiger partial charge in [0.25, 0.3) is 11.8 Å². The van der Waals surface area contributed by atoms with Gasteiger partial charge in [-0.2, -0.15) is 0 Å². The number of carboxylic acids is 2. The third-order valence-electron chi connectivity index (χ3n) is 9.92. The van der Waals surface area contributed by atoms with Crippen LogP contribution in [0.5, 0.6) is 0 Å². The van der Waals surface area contributed by atoms with Gasteiger partial charge in [0.2, 0.25) is 11.8 Å². The minimum absolute atomic E-state index is 0.0276. The second-order valence-electron chi connectivity index (χ2n) is 14.5. The number of Topliss-reactive ketones (excluding diaryl/α,β-unsaturated/α-hetero) is 1. The number of carbonyl (C=O) groups excluding carboxylic acids is 5. The molecule has 0 aromatic heterocycles. The summed E-state index contributed by atoms with van der Waals surface area (Å²) in [6, 6.07) is 16.0. The van der Waals surface area contributed by atoms with Gasteiger partial charge in [-0.25, -0.2) is 4.79 Å². The Morgan fingerprint density at radius 1 is 0.825 bits per heavy atom. The zero-order valence-corrected chi connectivity index (χ0v) is 32.4. The van der Waals surface area contributed by atoms with Crippen LogP contribution in [0, 0.1) is 5.92 Å². The van der Waals surface area contributed by atoms with Gasteiger partial charge in [0.15, 0.2) is 0 Å². The largest absolute Gasteiger partial charge is 0.481 e. The first kappa shape index (κ1) is 44.0. The summed E-state index contributed by atoms with van der Waals surface area (Å²) in [6.07, 6.45) is -0.0812. The number of carboxylic acid groups (broad SMARTS) is 2. The van der Waals surface area contributed by atoms with Gasteiger partial charge in [-0.05, 0) is 62.4 Å². The van der Waals surface area contributed by atoms with E-state index in [1.807, 2.05) is 55.4 Å². The molecule has 306 valence electrons. The third-order valence-corrected chi connectivity index (χ3v) is 9.92. The Hall–Kier alpha value is -5.71. The van der Waals surface area contributed by atoms with Crippen molar-refractivity contribution in [1.29, 1.82) is 0 Å². The summed E-state index contributed by atoms with van der Waals surface area (Å²) in [5.74, 6) is -6.21. The molecular weight excluding hydrogens is 734 g/mol. The van der Waals surface area contributed by atoms with Crippen molar-refractivity contribution in [2.75, 3.05) is 45.2 Å². The lowest BCUT2D eigenvalue weighted by atomic mass is 9.91. The normalized spacial score (nSPS) is 14.4. The average molecular weight is 788 g/mol. The van der Waals surface area contributed by atoms with Gasteiger partial charge in [-0.3, -0.25) is 33.7 Å². The lowest BCUT2D eigenvalue weighted by Gasteiger charge is -2.29. The van der Waals surface area contributed by atoms with Crippen LogP contribution in [0.4, 0.5) is 5.69 Å². The molecule has 0 aliphatic carbocycles. The Morgan fingerprint density at radius 2 is 1.53 bits per heavy atom. The first-order valence-corrected chi connectivity index (χ1v) is 19.1. The number of amides is 4. The number of rotatable bonds is 24. The van der Waals surface area contributed by atoms with Crippen molar-refractivity contribution in [2.45, 2.75) is 69.5 Å². The van der Waals surface area contributed by atoms with Crippen LogP contribution in [0.15, 0.2) is 60.7 Å². The summed E-state index contributed by atoms with van der Waals surface area (Å²) in [7, 11) is 3.73. The fraction of sp³-hybridized carbons (Fsp3) is 0.439. The van der Waals surface area contributed by atoms with Crippen LogP contribution in [0.1, 0.15) is 71.2 Å². The Balaban J connectivity index is 1.41. The van der Waals surface area contributed by atoms with Gasteiger partial charge >= 0.3 is 11.9 Å². The fourth-order valence-corrected chi connectivity index (χ4v) is 6.83. The molecule has 0 saturated carbocycles. The van der Waals surface area contributed by atoms with Crippen molar-refractivity contribution in [3.05, 3.63) is 77.4 Å². The number of imide groups is 1. The summed E-state index contributed by atoms with van der Waals surface area (Å²) in [5.41, 5.74) is 15.2. The first-order chi connectivity index (χ1) is 27.2. The molecule has 4 rings (SSSR count). The quantitative estimate of drug-likeness (QED) is 0.0505. The smallest absolute Gasteiger partial charge is 0.326 e. The van der Waals surface area contributed by atoms with E-state index >= 15 is 0 Å². The van der Waals surface area contributed by atoms with E-state index in [0.29, 0.717) is 36.0 Å². The second kappa shape index (κ2) is 21.0. The minimum atomic E-state index is -1.37. The van der Waals surface area contributed by atoms with Gasteiger partial charge < -0.3 is 42.5 Å². The van der Waals surface area contributed by atoms with E-state index in [9.17, 15) is 38.7 Å². The number of nitrogens with two attached hydrogens (primary N) is 2. The Labute approximate surface area is 331 Å². The molecule has 0 saturated heterocycles. The number of hydrogen-bond acceptors (Lipinski definition) is 11. The predicted octanol–water partition coefficient (Wildman–Crippen LogP) is 1.67. The van der Waals surface area contributed by atoms with Crippen LogP contribution in [0.2, 0.25) is 0 Å². The highest BCUT2D eigenvalue weighted by atomic mass is 16.4. The van der Waals surface area contributed by atoms with Crippen LogP contribution in [-0.2, 0) is 30.4 Å². The number of hydrogen-bond donors (Lipinski definition) is 7. The highest BCUT2D eigenvalue weighted by Gasteiger charge is 2.35. The lowest BCUT2D eigenvalue weighted by Crippen LogP contribution is -2.45. The molecule has 3 aromatic rings. The number of carbonyl (C=O) groups is 7. The van der Waals surface area contributed by atoms with E-state index in [-0.39, 0.29) is 64.1 Å². The van der Waals surface area contributed by atoms with Crippen molar-refractivity contribution < 1.29 is 43.8 Å². The maximum absolute atomic E-state index is 13.8. The summed E-state index contributed by atoms with van der Waals surface area (Å²) in [5, 5.41) is 27.9. The molecule has 16 heteroatoms. The number of anilines is 1. The van der Waals surface area contributed by atoms with Crippen LogP contribution in [0.25, 0.3) is 10.8 Å². The Bertz CT molecular complexity index is 1920. The zero-order valence-electron chi connectivity index (χ0n) is 32.4. The van der Waals surface area contributed by atoms with Crippen LogP contribution in [-0.4, -0.2) is 115 Å². The molecule has 16 nitrogen and oxygen atoms in total. The van der Waals surface area contributed by atoms with E-state index < -0.39 is 59.4 Å². The highest BCUT2D eigenvalue weighted by molar-refractivity contribution is 6.26. The number of ketones is 1. The topological polar surface area (TPSA) is 255 Å². The monoisotopic (exact) mass is 787 g/mol. The zero-order chi connectivity index (χ0) is 41.6. The molecule has 4 atom stereocenters. The molecule has 4 amide bonds. The van der Waals surface area contributed by atoms with Crippen LogP contribution in [0.3, 0.4) is 0 Å². The van der Waals surface area contributed by atoms with Crippen LogP contribution < -0.4 is 32.3 Å². The number of benzene rings is 3. The molecule has 1 heterocycles. The van der Waals surface area contributed by atoms with Gasteiger partial charge in [-0.15, -0.1) is 0 Å². The van der Waals surface area contributed by atoms with Gasteiger partial charge in [-0.1, -0.05) is 42.5 Å². The molecule has 3 aromatic carbocycles. The molecule has 0 spiro atoms. The van der Waals surface area contributed by atoms with Gasteiger partial charge in [0.05, 0.1) is 6.04 Å². The Morgan fingerprint density at radius 3 is 2.19 bits per heavy atom. The summed E-state index contributed by atoms with van der Waals surface area (Å²) in [4.78, 5) is 92.4. The Kier molecular flexibility index (Phi) is 16.2. The summed E-state index contributed by atoms with van der Waals surface area (Å²) >= 11 is 0. The SMILES string of the molecule is CN(C)c1ccc2c3c(cccc13)C(=O)N(CC[C@@H](CC(=O)[C@@H](N)CCNC[C@@H](N)Cc1ccccc1)C(=O)NCC[C@@H](NC(=O)CCCC(=O)O)C(=O)O)C2=O. The van der Waals surface area contributed by atoms with Crippen molar-refractivity contribution in [3.8, 4) is 0 Å². The first-order valence-electron chi connectivity index (χ1n) is 19.1. The minimum Gasteiger partial charge on any atom is -0.481 e. The van der Waals surface area contributed by atoms with Gasteiger partial charge in [0, 0.05) is 92.5 Å². The van der Waals surface area contributed by atoms with Crippen molar-refractivity contribution in [3.63, 3.8) is 0 Å². The standard InChI is InChI=1S/C41H53N7O9/c1-47(2)33-15-14-30-37-28(33)10-6-11-29(37)39(54)48(40(30)55)21-18-26(38(53)45-20-17-32(41(56)57)46-35(50)12-7-13-36(51)52)23-34(49)31(43)16-19-44-24-27(42)22-25-8-4-3-5-9-25/h3-6,8-11,14-15,26-27,31-32,44H,7,12-13,16-24,42-43H2,1-2H3,(H,45,53)(H,46,50)(H,51,52)(H,56,57)/t26-,27-,31-,32+/m0/s1. The number of nitrogens with zero attached hydrogens (tertiary/aromatic N) is 2. The third kappa shape index (κ3) is 12.4. The van der Waals surface area contributed by atoms with Crippen molar-refractivity contribution in [2.24, 2.45) is 17.4 Å². The number of nitrogens with one attached hydrogen (secondary N) is 3. The molecule has 9 N–H and O–H groups in total. The fourth-order valence-electron chi connectivity index (χ4n) is 6.83. The highest BCUT2D eigenvalue weighted by Crippen LogP contribution is 2.35. The van der Waals surface area contributed by atoms with Crippen LogP contribution >= 0.6 is 0 Å². The van der Waals surface area contributed by atoms with Crippen molar-refractivity contribution >= 4 is 57.8 Å². The van der Waals surface area contributed by atoms with E-state index in [0.717, 1.165) is 21.5 Å². The number of aliphatic carboxylic acids is 2. The summed E-state index contributed by atoms with van der Waals surface area (Å²) in [6.45, 7) is 0.503. The molecule has 0 radical (unpaired) electrons. The molecular formula is C41H53N7O9. The average Bonchev–Trinajstić information content (AvgIpc) is 3.17. The van der Waals surface area contributed by atoms with E-state index in [2.05, 4.69) is 16.0 Å². The van der Waals surface area contributed by atoms with E-state index in [1.165, 1.54) is 0 Å². The molecule has 0 bridgehead atoms. The molecule has 1 aliphatic heterocycles. The van der Waals surface area contributed by atoms with E-state index in [1.54, 1.807) is 24.3 Å². The maximum atomic E-state index is 13.8. The van der Waals surface area contributed by atoms with Crippen molar-refractivity contribution in [1.82, 2.24) is 20.9 Å². The summed E-state index contributed by atoms with van der Waals surface area (Å²) < 4.78 is 0. The maximum Gasteiger partial charge on any atom is 0.326 e. The lowest BCUT2D eigenvalue weighted by molar-refractivity contribution is -0.142.